The summed E-state index contributed by atoms with van der Waals surface area (Å²) in [5.41, 5.74) is 1.88. The number of fused-ring (bicyclic) bond motifs is 1. The second-order valence-corrected chi connectivity index (χ2v) is 6.79. The lowest BCUT2D eigenvalue weighted by atomic mass is 10.0. The van der Waals surface area contributed by atoms with Gasteiger partial charge in [-0.15, -0.1) is 0 Å². The second-order valence-electron chi connectivity index (χ2n) is 5.74. The first-order chi connectivity index (χ1) is 12.1. The van der Waals surface area contributed by atoms with Gasteiger partial charge in [0, 0.05) is 35.8 Å². The number of esters is 1. The molecule has 2 aromatic rings. The van der Waals surface area contributed by atoms with Crippen LogP contribution in [0.3, 0.4) is 0 Å². The Labute approximate surface area is 149 Å². The van der Waals surface area contributed by atoms with Crippen molar-refractivity contribution >= 4 is 39.8 Å². The number of nitrogens with zero attached hydrogens (tertiary/aromatic N) is 1. The number of aromatic amines is 1. The molecule has 7 nitrogen and oxygen atoms in total. The minimum absolute atomic E-state index is 0.0484. The fourth-order valence-corrected chi connectivity index (χ4v) is 3.66. The Morgan fingerprint density at radius 2 is 2.20 bits per heavy atom. The van der Waals surface area contributed by atoms with E-state index in [4.69, 9.17) is 4.74 Å². The average Bonchev–Trinajstić information content (AvgIpc) is 3.20. The zero-order valence-electron chi connectivity index (χ0n) is 13.8. The molecule has 2 heterocycles. The highest BCUT2D eigenvalue weighted by Gasteiger charge is 2.27. The number of ether oxygens (including phenoxy) is 1. The maximum Gasteiger partial charge on any atom is 0.328 e. The van der Waals surface area contributed by atoms with E-state index in [1.54, 1.807) is 0 Å². The number of nitrogens with one attached hydrogen (secondary N) is 2. The fraction of sp³-hybridized carbons (Fsp3) is 0.353. The van der Waals surface area contributed by atoms with Crippen LogP contribution in [0.4, 0.5) is 4.79 Å². The summed E-state index contributed by atoms with van der Waals surface area (Å²) < 4.78 is 4.82. The molecule has 0 aliphatic carbocycles. The van der Waals surface area contributed by atoms with Crippen molar-refractivity contribution in [2.24, 2.45) is 0 Å². The van der Waals surface area contributed by atoms with Gasteiger partial charge in [-0.05, 0) is 11.6 Å². The Hall–Kier alpha value is -2.48. The number of carbonyl (C=O) groups is 3. The summed E-state index contributed by atoms with van der Waals surface area (Å²) in [6, 6.07) is 6.94. The van der Waals surface area contributed by atoms with E-state index in [9.17, 15) is 14.4 Å². The van der Waals surface area contributed by atoms with Crippen LogP contribution >= 0.6 is 11.8 Å². The monoisotopic (exact) mass is 361 g/mol. The third kappa shape index (κ3) is 3.96. The van der Waals surface area contributed by atoms with E-state index in [1.165, 1.54) is 23.8 Å². The number of benzene rings is 1. The van der Waals surface area contributed by atoms with Gasteiger partial charge in [0.15, 0.2) is 0 Å². The molecule has 0 saturated carbocycles. The molecule has 2 amide bonds. The van der Waals surface area contributed by atoms with Gasteiger partial charge in [-0.1, -0.05) is 30.0 Å². The van der Waals surface area contributed by atoms with Crippen LogP contribution in [-0.4, -0.2) is 59.0 Å². The predicted molar refractivity (Wildman–Crippen MR) is 95.4 cm³/mol. The molecule has 8 heteroatoms. The van der Waals surface area contributed by atoms with Gasteiger partial charge in [-0.25, -0.2) is 4.79 Å². The van der Waals surface area contributed by atoms with Gasteiger partial charge in [0.2, 0.25) is 5.91 Å². The molecule has 1 saturated heterocycles. The Bertz CT molecular complexity index is 804. The molecule has 25 heavy (non-hydrogen) atoms. The molecule has 1 aromatic heterocycles. The van der Waals surface area contributed by atoms with Gasteiger partial charge >= 0.3 is 5.97 Å². The zero-order valence-corrected chi connectivity index (χ0v) is 14.6. The number of amides is 2. The number of hydrogen-bond acceptors (Lipinski definition) is 5. The maximum atomic E-state index is 12.2. The number of methoxy groups -OCH3 is 1. The van der Waals surface area contributed by atoms with Crippen LogP contribution in [0.25, 0.3) is 10.9 Å². The summed E-state index contributed by atoms with van der Waals surface area (Å²) in [4.78, 5) is 40.5. The van der Waals surface area contributed by atoms with E-state index >= 15 is 0 Å². The first kappa shape index (κ1) is 17.3. The number of thioether (sulfide) groups is 1. The third-order valence-electron chi connectivity index (χ3n) is 4.10. The highest BCUT2D eigenvalue weighted by Crippen LogP contribution is 2.20. The Kier molecular flexibility index (Phi) is 5.28. The number of carbonyl (C=O) groups excluding carboxylic acids is 3. The number of aromatic nitrogens is 1. The van der Waals surface area contributed by atoms with Gasteiger partial charge in [-0.3, -0.25) is 9.59 Å². The summed E-state index contributed by atoms with van der Waals surface area (Å²) >= 11 is 1.19. The van der Waals surface area contributed by atoms with Crippen molar-refractivity contribution in [2.45, 2.75) is 12.5 Å². The van der Waals surface area contributed by atoms with Gasteiger partial charge in [0.1, 0.15) is 12.6 Å². The predicted octanol–water partition coefficient (Wildman–Crippen LogP) is 1.54. The molecule has 1 aliphatic heterocycles. The molecule has 132 valence electrons. The third-order valence-corrected chi connectivity index (χ3v) is 4.99. The van der Waals surface area contributed by atoms with E-state index in [1.807, 2.05) is 30.5 Å². The lowest BCUT2D eigenvalue weighted by molar-refractivity contribution is -0.145. The van der Waals surface area contributed by atoms with Crippen molar-refractivity contribution < 1.29 is 19.1 Å². The fourth-order valence-electron chi connectivity index (χ4n) is 2.84. The van der Waals surface area contributed by atoms with E-state index in [0.29, 0.717) is 18.7 Å². The molecule has 0 spiro atoms. The summed E-state index contributed by atoms with van der Waals surface area (Å²) in [6.07, 6.45) is 2.14. The number of hydrogen-bond donors (Lipinski definition) is 2. The van der Waals surface area contributed by atoms with Crippen molar-refractivity contribution in [3.8, 4) is 0 Å². The summed E-state index contributed by atoms with van der Waals surface area (Å²) in [5, 5.41) is 3.57. The van der Waals surface area contributed by atoms with Crippen molar-refractivity contribution in [1.29, 1.82) is 0 Å². The van der Waals surface area contributed by atoms with Crippen LogP contribution in [0.1, 0.15) is 5.56 Å². The molecule has 3 rings (SSSR count). The molecule has 1 atom stereocenters. The van der Waals surface area contributed by atoms with E-state index in [2.05, 4.69) is 10.3 Å². The molecule has 1 aliphatic rings. The topological polar surface area (TPSA) is 91.5 Å². The van der Waals surface area contributed by atoms with Crippen LogP contribution in [0.2, 0.25) is 0 Å². The zero-order chi connectivity index (χ0) is 17.8. The average molecular weight is 361 g/mol. The van der Waals surface area contributed by atoms with Crippen LogP contribution in [0, 0.1) is 0 Å². The number of rotatable bonds is 6. The van der Waals surface area contributed by atoms with Gasteiger partial charge < -0.3 is 19.9 Å². The second kappa shape index (κ2) is 7.60. The Morgan fingerprint density at radius 1 is 1.40 bits per heavy atom. The Balaban J connectivity index is 1.70. The smallest absolute Gasteiger partial charge is 0.328 e. The minimum Gasteiger partial charge on any atom is -0.467 e. The lowest BCUT2D eigenvalue weighted by Crippen LogP contribution is -2.47. The number of para-hydroxylation sites is 1. The van der Waals surface area contributed by atoms with Gasteiger partial charge in [0.25, 0.3) is 5.24 Å². The van der Waals surface area contributed by atoms with Crippen molar-refractivity contribution in [3.05, 3.63) is 36.0 Å². The van der Waals surface area contributed by atoms with Gasteiger partial charge in [0.05, 0.1) is 7.11 Å². The molecule has 0 radical (unpaired) electrons. The van der Waals surface area contributed by atoms with Crippen LogP contribution in [0.15, 0.2) is 30.5 Å². The summed E-state index contributed by atoms with van der Waals surface area (Å²) in [5.74, 6) is -0.200. The van der Waals surface area contributed by atoms with E-state index in [-0.39, 0.29) is 17.7 Å². The standard InChI is InChI=1S/C17H19N3O4S/c1-24-16(22)14(19-15(21)10-20-6-7-25-17(20)23)8-11-9-18-13-5-3-2-4-12(11)13/h2-5,9,14,18H,6-8,10H2,1H3,(H,19,21)/t14-/m1/s1. The van der Waals surface area contributed by atoms with Crippen LogP contribution < -0.4 is 5.32 Å². The molecule has 0 bridgehead atoms. The van der Waals surface area contributed by atoms with E-state index < -0.39 is 12.0 Å². The van der Waals surface area contributed by atoms with Crippen molar-refractivity contribution in [3.63, 3.8) is 0 Å². The largest absolute Gasteiger partial charge is 0.467 e. The van der Waals surface area contributed by atoms with Crippen LogP contribution in [-0.2, 0) is 20.7 Å². The number of H-pyrrole nitrogens is 1. The summed E-state index contributed by atoms with van der Waals surface area (Å²) in [7, 11) is 1.29. The van der Waals surface area contributed by atoms with Crippen LogP contribution in [0.5, 0.6) is 0 Å². The maximum absolute atomic E-state index is 12.2. The SMILES string of the molecule is COC(=O)[C@@H](Cc1c[nH]c2ccccc12)NC(=O)CN1CCSC1=O. The molecule has 1 fully saturated rings. The minimum atomic E-state index is -0.804. The normalized spacial score (nSPS) is 15.4. The lowest BCUT2D eigenvalue weighted by Gasteiger charge is -2.19. The highest BCUT2D eigenvalue weighted by molar-refractivity contribution is 8.13. The first-order valence-corrected chi connectivity index (χ1v) is 8.91. The molecule has 2 N–H and O–H groups in total. The molecular formula is C17H19N3O4S. The van der Waals surface area contributed by atoms with Crippen molar-refractivity contribution in [2.75, 3.05) is 26.0 Å². The summed E-state index contributed by atoms with van der Waals surface area (Å²) in [6.45, 7) is 0.496. The first-order valence-electron chi connectivity index (χ1n) is 7.92. The highest BCUT2D eigenvalue weighted by atomic mass is 32.2. The molecule has 0 unspecified atom stereocenters. The van der Waals surface area contributed by atoms with Crippen molar-refractivity contribution in [1.82, 2.24) is 15.2 Å². The Morgan fingerprint density at radius 3 is 2.92 bits per heavy atom. The molecular weight excluding hydrogens is 342 g/mol. The van der Waals surface area contributed by atoms with E-state index in [0.717, 1.165) is 16.5 Å². The van der Waals surface area contributed by atoms with Gasteiger partial charge in [-0.2, -0.15) is 0 Å². The molecule has 1 aromatic carbocycles. The quantitative estimate of drug-likeness (QED) is 0.762.